The van der Waals surface area contributed by atoms with E-state index in [0.29, 0.717) is 39.4 Å². The molecule has 0 saturated carbocycles. The van der Waals surface area contributed by atoms with Crippen LogP contribution in [0.2, 0.25) is 0 Å². The quantitative estimate of drug-likeness (QED) is 0.747. The molecule has 0 aliphatic rings. The van der Waals surface area contributed by atoms with Crippen LogP contribution in [-0.4, -0.2) is 38.5 Å². The Bertz CT molecular complexity index is 951. The molecule has 0 amide bonds. The first-order valence-electron chi connectivity index (χ1n) is 8.02. The van der Waals surface area contributed by atoms with E-state index in [2.05, 4.69) is 4.98 Å². The summed E-state index contributed by atoms with van der Waals surface area (Å²) in [5, 5.41) is 12.2. The summed E-state index contributed by atoms with van der Waals surface area (Å²) in [6.45, 7) is 1.86. The van der Waals surface area contributed by atoms with Crippen LogP contribution in [0.3, 0.4) is 0 Å². The van der Waals surface area contributed by atoms with Crippen molar-refractivity contribution in [1.29, 1.82) is 0 Å². The summed E-state index contributed by atoms with van der Waals surface area (Å²) < 4.78 is 21.5. The lowest BCUT2D eigenvalue weighted by atomic mass is 10.0. The molecule has 0 saturated heterocycles. The molecule has 0 atom stereocenters. The average Bonchev–Trinajstić information content (AvgIpc) is 2.68. The number of hydrogen-bond acceptors (Lipinski definition) is 6. The smallest absolute Gasteiger partial charge is 0.204 e. The average molecular weight is 355 g/mol. The van der Waals surface area contributed by atoms with Gasteiger partial charge in [0.15, 0.2) is 11.5 Å². The van der Waals surface area contributed by atoms with E-state index in [9.17, 15) is 5.11 Å². The molecule has 0 fully saturated rings. The molecule has 1 aromatic heterocycles. The van der Waals surface area contributed by atoms with Gasteiger partial charge >= 0.3 is 0 Å². The lowest BCUT2D eigenvalue weighted by Crippen LogP contribution is -1.99. The van der Waals surface area contributed by atoms with Crippen molar-refractivity contribution >= 4 is 10.8 Å². The van der Waals surface area contributed by atoms with Crippen LogP contribution in [0.1, 0.15) is 5.69 Å². The van der Waals surface area contributed by atoms with Crippen molar-refractivity contribution in [2.24, 2.45) is 0 Å². The van der Waals surface area contributed by atoms with Crippen LogP contribution >= 0.6 is 0 Å². The van der Waals surface area contributed by atoms with Gasteiger partial charge in [0.2, 0.25) is 5.75 Å². The molecular formula is C20H21NO5. The zero-order valence-corrected chi connectivity index (χ0v) is 15.4. The fraction of sp³-hybridized carbons (Fsp3) is 0.250. The van der Waals surface area contributed by atoms with E-state index < -0.39 is 0 Å². The highest BCUT2D eigenvalue weighted by molar-refractivity contribution is 6.01. The van der Waals surface area contributed by atoms with Gasteiger partial charge in [-0.3, -0.25) is 0 Å². The van der Waals surface area contributed by atoms with Gasteiger partial charge < -0.3 is 24.1 Å². The summed E-state index contributed by atoms with van der Waals surface area (Å²) in [5.74, 6) is 2.19. The minimum atomic E-state index is 0.0509. The number of rotatable bonds is 5. The van der Waals surface area contributed by atoms with Crippen LogP contribution in [0.15, 0.2) is 30.3 Å². The first kappa shape index (κ1) is 17.7. The Labute approximate surface area is 151 Å². The van der Waals surface area contributed by atoms with Crippen molar-refractivity contribution in [2.75, 3.05) is 28.4 Å². The van der Waals surface area contributed by atoms with Gasteiger partial charge in [0.1, 0.15) is 17.2 Å². The van der Waals surface area contributed by atoms with E-state index in [-0.39, 0.29) is 5.75 Å². The number of aromatic nitrogens is 1. The van der Waals surface area contributed by atoms with Crippen LogP contribution in [0.4, 0.5) is 0 Å². The van der Waals surface area contributed by atoms with Crippen molar-refractivity contribution in [2.45, 2.75) is 6.92 Å². The Hall–Kier alpha value is -3.15. The third-order valence-corrected chi connectivity index (χ3v) is 4.31. The predicted octanol–water partition coefficient (Wildman–Crippen LogP) is 3.95. The number of nitrogens with zero attached hydrogens (tertiary/aromatic N) is 1. The van der Waals surface area contributed by atoms with Crippen molar-refractivity contribution in [3.63, 3.8) is 0 Å². The van der Waals surface area contributed by atoms with Gasteiger partial charge in [-0.1, -0.05) is 0 Å². The SMILES string of the molecule is COc1ccc(-c2nc(C)c3c(OC)c(OC)c(OC)cc3c2O)cc1. The van der Waals surface area contributed by atoms with E-state index >= 15 is 0 Å². The minimum Gasteiger partial charge on any atom is -0.505 e. The van der Waals surface area contributed by atoms with Gasteiger partial charge in [0.05, 0.1) is 33.8 Å². The summed E-state index contributed by atoms with van der Waals surface area (Å²) >= 11 is 0. The summed E-state index contributed by atoms with van der Waals surface area (Å²) in [4.78, 5) is 4.60. The highest BCUT2D eigenvalue weighted by Gasteiger charge is 2.22. The molecule has 6 heteroatoms. The molecule has 0 radical (unpaired) electrons. The van der Waals surface area contributed by atoms with Crippen molar-refractivity contribution < 1.29 is 24.1 Å². The normalized spacial score (nSPS) is 10.7. The lowest BCUT2D eigenvalue weighted by molar-refractivity contribution is 0.327. The van der Waals surface area contributed by atoms with Crippen LogP contribution in [0.25, 0.3) is 22.0 Å². The third-order valence-electron chi connectivity index (χ3n) is 4.31. The van der Waals surface area contributed by atoms with Crippen LogP contribution < -0.4 is 18.9 Å². The molecule has 2 aromatic carbocycles. The molecule has 3 aromatic rings. The molecule has 26 heavy (non-hydrogen) atoms. The van der Waals surface area contributed by atoms with E-state index in [1.165, 1.54) is 0 Å². The lowest BCUT2D eigenvalue weighted by Gasteiger charge is -2.18. The molecule has 0 aliphatic heterocycles. The van der Waals surface area contributed by atoms with Crippen LogP contribution in [-0.2, 0) is 0 Å². The van der Waals surface area contributed by atoms with Crippen molar-refractivity contribution in [3.05, 3.63) is 36.0 Å². The number of fused-ring (bicyclic) bond motifs is 1. The number of aromatic hydroxyl groups is 1. The maximum absolute atomic E-state index is 10.9. The standard InChI is InChI=1S/C20H21NO5/c1-11-16-14(10-15(24-3)19(25-4)20(16)26-5)18(22)17(21-11)12-6-8-13(23-2)9-7-12/h6-10,22H,1-5H3. The fourth-order valence-electron chi connectivity index (χ4n) is 3.06. The molecule has 0 aliphatic carbocycles. The van der Waals surface area contributed by atoms with Crippen LogP contribution in [0.5, 0.6) is 28.7 Å². The molecule has 1 heterocycles. The first-order valence-corrected chi connectivity index (χ1v) is 8.02. The second-order valence-corrected chi connectivity index (χ2v) is 5.69. The van der Waals surface area contributed by atoms with Gasteiger partial charge in [0.25, 0.3) is 0 Å². The molecule has 0 spiro atoms. The number of methoxy groups -OCH3 is 4. The Kier molecular flexibility index (Phi) is 4.75. The highest BCUT2D eigenvalue weighted by Crippen LogP contribution is 2.48. The third kappa shape index (κ3) is 2.73. The summed E-state index contributed by atoms with van der Waals surface area (Å²) in [6, 6.07) is 9.08. The van der Waals surface area contributed by atoms with Crippen molar-refractivity contribution in [3.8, 4) is 40.0 Å². The Morgan fingerprint density at radius 3 is 2.04 bits per heavy atom. The van der Waals surface area contributed by atoms with Gasteiger partial charge in [-0.25, -0.2) is 4.98 Å². The van der Waals surface area contributed by atoms with Gasteiger partial charge in [-0.2, -0.15) is 0 Å². The maximum atomic E-state index is 10.9. The number of ether oxygens (including phenoxy) is 4. The summed E-state index contributed by atoms with van der Waals surface area (Å²) in [7, 11) is 6.24. The molecule has 0 unspecified atom stereocenters. The van der Waals surface area contributed by atoms with E-state index in [1.807, 2.05) is 31.2 Å². The molecule has 0 bridgehead atoms. The number of benzene rings is 2. The fourth-order valence-corrected chi connectivity index (χ4v) is 3.06. The van der Waals surface area contributed by atoms with Crippen LogP contribution in [0, 0.1) is 6.92 Å². The Morgan fingerprint density at radius 1 is 0.846 bits per heavy atom. The largest absolute Gasteiger partial charge is 0.505 e. The summed E-state index contributed by atoms with van der Waals surface area (Å²) in [5.41, 5.74) is 1.97. The molecule has 1 N–H and O–H groups in total. The van der Waals surface area contributed by atoms with E-state index in [4.69, 9.17) is 18.9 Å². The first-order chi connectivity index (χ1) is 12.5. The van der Waals surface area contributed by atoms with Crippen molar-refractivity contribution in [1.82, 2.24) is 4.98 Å². The Morgan fingerprint density at radius 2 is 1.50 bits per heavy atom. The molecular weight excluding hydrogens is 334 g/mol. The second-order valence-electron chi connectivity index (χ2n) is 5.69. The number of aryl methyl sites for hydroxylation is 1. The van der Waals surface area contributed by atoms with E-state index in [0.717, 1.165) is 11.3 Å². The minimum absolute atomic E-state index is 0.0509. The predicted molar refractivity (Wildman–Crippen MR) is 99.8 cm³/mol. The number of hydrogen-bond donors (Lipinski definition) is 1. The molecule has 136 valence electrons. The topological polar surface area (TPSA) is 70.0 Å². The highest BCUT2D eigenvalue weighted by atomic mass is 16.5. The number of pyridine rings is 1. The summed E-state index contributed by atoms with van der Waals surface area (Å²) in [6.07, 6.45) is 0. The monoisotopic (exact) mass is 355 g/mol. The molecule has 3 rings (SSSR count). The second kappa shape index (κ2) is 7.00. The van der Waals surface area contributed by atoms with Gasteiger partial charge in [-0.05, 0) is 37.3 Å². The zero-order chi connectivity index (χ0) is 18.8. The zero-order valence-electron chi connectivity index (χ0n) is 15.4. The Balaban J connectivity index is 2.33. The van der Waals surface area contributed by atoms with Gasteiger partial charge in [0, 0.05) is 16.6 Å². The maximum Gasteiger partial charge on any atom is 0.204 e. The molecule has 6 nitrogen and oxygen atoms in total. The van der Waals surface area contributed by atoms with E-state index in [1.54, 1.807) is 34.5 Å². The van der Waals surface area contributed by atoms with Gasteiger partial charge in [-0.15, -0.1) is 0 Å².